The van der Waals surface area contributed by atoms with Gasteiger partial charge in [-0.05, 0) is 82.7 Å². The molecule has 0 spiro atoms. The highest BCUT2D eigenvalue weighted by Gasteiger charge is 2.41. The molecule has 0 aliphatic rings. The van der Waals surface area contributed by atoms with Crippen molar-refractivity contribution < 1.29 is 13.6 Å². The van der Waals surface area contributed by atoms with E-state index >= 15 is 0 Å². The van der Waals surface area contributed by atoms with Gasteiger partial charge in [-0.2, -0.15) is 0 Å². The highest BCUT2D eigenvalue weighted by molar-refractivity contribution is 7.65. The molecule has 43 heavy (non-hydrogen) atoms. The topological polar surface area (TPSA) is 35.5 Å². The van der Waals surface area contributed by atoms with Crippen LogP contribution in [-0.2, 0) is 4.57 Å². The zero-order valence-electron chi connectivity index (χ0n) is 22.7. The molecule has 0 saturated carbocycles. The molecule has 5 aromatic heterocycles. The van der Waals surface area contributed by atoms with Crippen LogP contribution in [0.1, 0.15) is 0 Å². The van der Waals surface area contributed by atoms with Gasteiger partial charge in [0.2, 0.25) is 0 Å². The molecular weight excluding hydrogens is 667 g/mol. The Kier molecular flexibility index (Phi) is 8.69. The van der Waals surface area contributed by atoms with Crippen LogP contribution < -0.4 is 19.7 Å². The van der Waals surface area contributed by atoms with Crippen LogP contribution in [0.25, 0.3) is 39.0 Å². The van der Waals surface area contributed by atoms with Crippen LogP contribution in [0.15, 0.2) is 120 Å². The minimum atomic E-state index is -2.25. The molecule has 0 N–H and O–H groups in total. The lowest BCUT2D eigenvalue weighted by Gasteiger charge is -2.14. The van der Waals surface area contributed by atoms with Crippen LogP contribution in [0.5, 0.6) is 11.5 Å². The normalized spacial score (nSPS) is 12.3. The van der Waals surface area contributed by atoms with Crippen molar-refractivity contribution >= 4 is 83.5 Å². The van der Waals surface area contributed by atoms with Crippen LogP contribution in [0, 0.1) is 0 Å². The zero-order valence-corrected chi connectivity index (χ0v) is 28.6. The van der Waals surface area contributed by atoms with E-state index in [1.165, 1.54) is 19.5 Å². The molecule has 7 aromatic rings. The van der Waals surface area contributed by atoms with Gasteiger partial charge in [0.1, 0.15) is 18.8 Å². The van der Waals surface area contributed by atoms with Crippen molar-refractivity contribution in [2.24, 2.45) is 0 Å². The molecule has 10 heteroatoms. The Bertz CT molecular complexity index is 1960. The van der Waals surface area contributed by atoms with Gasteiger partial charge in [-0.15, -0.1) is 56.7 Å². The van der Waals surface area contributed by atoms with E-state index < -0.39 is 16.2 Å². The third-order valence-corrected chi connectivity index (χ3v) is 15.5. The Hall–Kier alpha value is -2.93. The Labute approximate surface area is 272 Å². The van der Waals surface area contributed by atoms with E-state index in [2.05, 4.69) is 66.0 Å². The minimum absolute atomic E-state index is 0.583. The van der Waals surface area contributed by atoms with Crippen molar-refractivity contribution in [1.82, 2.24) is 0 Å². The Balaban J connectivity index is 1.40. The van der Waals surface area contributed by atoms with Crippen molar-refractivity contribution in [1.29, 1.82) is 0 Å². The summed E-state index contributed by atoms with van der Waals surface area (Å²) in [6.07, 6.45) is 0. The molecule has 7 rings (SSSR count). The van der Waals surface area contributed by atoms with Gasteiger partial charge in [0.05, 0.1) is 10.2 Å². The number of hydrogen-bond donors (Lipinski definition) is 0. The van der Waals surface area contributed by atoms with E-state index in [-0.39, 0.29) is 0 Å². The highest BCUT2D eigenvalue weighted by atomic mass is 32.1. The van der Waals surface area contributed by atoms with E-state index in [4.69, 9.17) is 9.05 Å². The van der Waals surface area contributed by atoms with E-state index in [0.717, 1.165) is 35.9 Å². The molecule has 2 unspecified atom stereocenters. The van der Waals surface area contributed by atoms with Gasteiger partial charge in [-0.3, -0.25) is 4.52 Å². The first kappa shape index (κ1) is 28.8. The number of benzene rings is 2. The van der Waals surface area contributed by atoms with Crippen LogP contribution in [0.3, 0.4) is 0 Å². The summed E-state index contributed by atoms with van der Waals surface area (Å²) < 4.78 is 27.1. The summed E-state index contributed by atoms with van der Waals surface area (Å²) in [5.41, 5.74) is 0. The first-order chi connectivity index (χ1) is 21.1. The average molecular weight is 690 g/mol. The standard InChI is InChI=1S/C33H23O3P2S5/c1-37(35-22-10-4-2-5-11-22)30-31(38(34)36-23-12-6-3-7-13-23)33(29-19-17-27(42-29)25-15-9-21-40-25)43-32(30)28-18-16-26(41-28)24-14-8-20-39-24/h2-21H,1H3/q+1. The molecule has 3 nitrogen and oxygen atoms in total. The quantitative estimate of drug-likeness (QED) is 0.134. The van der Waals surface area contributed by atoms with E-state index in [1.807, 2.05) is 60.7 Å². The maximum Gasteiger partial charge on any atom is 0.599 e. The second-order valence-electron chi connectivity index (χ2n) is 9.30. The molecule has 0 radical (unpaired) electrons. The van der Waals surface area contributed by atoms with E-state index in [0.29, 0.717) is 5.75 Å². The fourth-order valence-corrected chi connectivity index (χ4v) is 13.7. The summed E-state index contributed by atoms with van der Waals surface area (Å²) in [6.45, 7) is 2.10. The molecular formula is C33H23O3P2S5+. The Morgan fingerprint density at radius 3 is 1.65 bits per heavy atom. The lowest BCUT2D eigenvalue weighted by atomic mass is 10.3. The molecule has 5 heterocycles. The van der Waals surface area contributed by atoms with Gasteiger partial charge in [-0.1, -0.05) is 48.5 Å². The average Bonchev–Trinajstić information content (AvgIpc) is 3.85. The largest absolute Gasteiger partial charge is 0.599 e. The Morgan fingerprint density at radius 2 is 1.09 bits per heavy atom. The maximum atomic E-state index is 14.4. The second kappa shape index (κ2) is 13.0. The third kappa shape index (κ3) is 6.20. The van der Waals surface area contributed by atoms with Gasteiger partial charge < -0.3 is 4.52 Å². The third-order valence-electron chi connectivity index (χ3n) is 6.46. The SMILES string of the molecule is CP(Oc1ccccc1)c1c(-c2ccc(-c3cccs3)s2)sc(-c2ccc(-c3cccs3)s2)c1[P+](=O)Oc1ccccc1. The summed E-state index contributed by atoms with van der Waals surface area (Å²) in [5, 5.41) is 5.91. The van der Waals surface area contributed by atoms with Crippen molar-refractivity contribution in [2.75, 3.05) is 6.66 Å². The number of thiophene rings is 5. The fourth-order valence-electron chi connectivity index (χ4n) is 4.54. The molecule has 0 amide bonds. The summed E-state index contributed by atoms with van der Waals surface area (Å²) in [5.74, 6) is 1.38. The van der Waals surface area contributed by atoms with Crippen molar-refractivity contribution in [3.63, 3.8) is 0 Å². The van der Waals surface area contributed by atoms with Crippen molar-refractivity contribution in [3.05, 3.63) is 120 Å². The smallest absolute Gasteiger partial charge is 0.469 e. The lowest BCUT2D eigenvalue weighted by molar-refractivity contribution is 0.515. The van der Waals surface area contributed by atoms with E-state index in [1.54, 1.807) is 56.7 Å². The first-order valence-electron chi connectivity index (χ1n) is 13.3. The molecule has 0 saturated heterocycles. The predicted octanol–water partition coefficient (Wildman–Crippen LogP) is 11.8. The van der Waals surface area contributed by atoms with Crippen LogP contribution in [0.2, 0.25) is 0 Å². The zero-order chi connectivity index (χ0) is 29.2. The number of rotatable bonds is 10. The van der Waals surface area contributed by atoms with Gasteiger partial charge in [0.25, 0.3) is 5.30 Å². The maximum absolute atomic E-state index is 14.4. The highest BCUT2D eigenvalue weighted by Crippen LogP contribution is 2.50. The van der Waals surface area contributed by atoms with Crippen LogP contribution in [0.4, 0.5) is 0 Å². The molecule has 0 fully saturated rings. The second-order valence-corrected chi connectivity index (χ2v) is 17.2. The summed E-state index contributed by atoms with van der Waals surface area (Å²) >= 11 is 8.65. The van der Waals surface area contributed by atoms with Gasteiger partial charge in [0, 0.05) is 29.3 Å². The monoisotopic (exact) mass is 689 g/mol. The van der Waals surface area contributed by atoms with Crippen LogP contribution >= 0.6 is 72.9 Å². The lowest BCUT2D eigenvalue weighted by Crippen LogP contribution is -2.21. The van der Waals surface area contributed by atoms with Gasteiger partial charge in [-0.25, -0.2) is 0 Å². The summed E-state index contributed by atoms with van der Waals surface area (Å²) in [4.78, 5) is 9.17. The fraction of sp³-hybridized carbons (Fsp3) is 0.0303. The van der Waals surface area contributed by atoms with Crippen LogP contribution in [-0.4, -0.2) is 6.66 Å². The molecule has 2 aromatic carbocycles. The van der Waals surface area contributed by atoms with Gasteiger partial charge >= 0.3 is 8.03 Å². The summed E-state index contributed by atoms with van der Waals surface area (Å²) in [7, 11) is -3.44. The summed E-state index contributed by atoms with van der Waals surface area (Å²) in [6, 6.07) is 36.4. The molecule has 0 aliphatic carbocycles. The molecule has 2 atom stereocenters. The first-order valence-corrected chi connectivity index (χ1v) is 20.4. The predicted molar refractivity (Wildman–Crippen MR) is 191 cm³/mol. The molecule has 212 valence electrons. The Morgan fingerprint density at radius 1 is 0.558 bits per heavy atom. The van der Waals surface area contributed by atoms with Gasteiger partial charge in [0.15, 0.2) is 5.75 Å². The molecule has 0 aliphatic heterocycles. The van der Waals surface area contributed by atoms with Crippen molar-refractivity contribution in [3.8, 4) is 50.5 Å². The minimum Gasteiger partial charge on any atom is -0.469 e. The molecule has 0 bridgehead atoms. The number of para-hydroxylation sites is 2. The van der Waals surface area contributed by atoms with E-state index in [9.17, 15) is 4.57 Å². The van der Waals surface area contributed by atoms with Crippen molar-refractivity contribution in [2.45, 2.75) is 0 Å². The number of hydrogen-bond acceptors (Lipinski definition) is 8.